The first-order valence-corrected chi connectivity index (χ1v) is 5.16. The monoisotopic (exact) mass is 291 g/mol. The largest absolute Gasteiger partial charge is 0.495 e. The van der Waals surface area contributed by atoms with Gasteiger partial charge in [0.05, 0.1) is 12.1 Å². The van der Waals surface area contributed by atoms with Gasteiger partial charge in [0, 0.05) is 6.54 Å². The summed E-state index contributed by atoms with van der Waals surface area (Å²) in [5.74, 6) is 0.284. The molecule has 1 aromatic carbocycles. The fraction of sp³-hybridized carbons (Fsp3) is 0.200. The summed E-state index contributed by atoms with van der Waals surface area (Å²) >= 11 is 5.95. The summed E-state index contributed by atoms with van der Waals surface area (Å²) in [7, 11) is 1.55. The highest BCUT2D eigenvalue weighted by molar-refractivity contribution is 6.32. The number of methoxy groups -OCH3 is 1. The fourth-order valence-electron chi connectivity index (χ4n) is 1.19. The predicted octanol–water partition coefficient (Wildman–Crippen LogP) is 1.28. The number of nitrogens with two attached hydrogens (primary N) is 1. The van der Waals surface area contributed by atoms with Crippen LogP contribution in [0.25, 0.3) is 0 Å². The van der Waals surface area contributed by atoms with Gasteiger partial charge >= 0.3 is 0 Å². The van der Waals surface area contributed by atoms with Crippen LogP contribution in [0.4, 0.5) is 0 Å². The summed E-state index contributed by atoms with van der Waals surface area (Å²) in [6.45, 7) is 0.406. The normalized spacial score (nSPS) is 9.00. The van der Waals surface area contributed by atoms with Crippen molar-refractivity contribution in [3.05, 3.63) is 28.8 Å². The molecule has 0 saturated heterocycles. The minimum Gasteiger partial charge on any atom is -0.495 e. The Labute approximate surface area is 116 Å². The molecule has 1 aromatic rings. The molecule has 1 rings (SSSR count). The van der Waals surface area contributed by atoms with Crippen molar-refractivity contribution in [2.75, 3.05) is 7.11 Å². The molecule has 0 aliphatic rings. The molecule has 0 aliphatic heterocycles. The number of benzene rings is 1. The Kier molecular flexibility index (Phi) is 6.92. The summed E-state index contributed by atoms with van der Waals surface area (Å²) in [6, 6.07) is 5.33. The van der Waals surface area contributed by atoms with E-state index in [-0.39, 0.29) is 24.3 Å². The maximum Gasteiger partial charge on any atom is 0.195 e. The van der Waals surface area contributed by atoms with Crippen LogP contribution in [0.15, 0.2) is 18.2 Å². The van der Waals surface area contributed by atoms with Crippen molar-refractivity contribution in [3.8, 4) is 5.75 Å². The molecule has 0 radical (unpaired) electrons. The zero-order valence-electron chi connectivity index (χ0n) is 9.71. The Morgan fingerprint density at radius 2 is 2.11 bits per heavy atom. The van der Waals surface area contributed by atoms with E-state index in [1.165, 1.54) is 0 Å². The molecule has 100 valence electrons. The van der Waals surface area contributed by atoms with Gasteiger partial charge in [0.2, 0.25) is 0 Å². The van der Waals surface area contributed by atoms with E-state index in [0.29, 0.717) is 17.3 Å². The fourth-order valence-corrected chi connectivity index (χ4v) is 1.47. The third-order valence-electron chi connectivity index (χ3n) is 1.95. The molecule has 6 nitrogen and oxygen atoms in total. The highest BCUT2D eigenvalue weighted by Crippen LogP contribution is 2.24. The molecule has 0 atom stereocenters. The summed E-state index contributed by atoms with van der Waals surface area (Å²) in [5, 5.41) is 19.9. The number of halogens is 2. The van der Waals surface area contributed by atoms with E-state index in [1.54, 1.807) is 19.2 Å². The van der Waals surface area contributed by atoms with Crippen molar-refractivity contribution < 1.29 is 4.74 Å². The molecule has 0 aromatic heterocycles. The Morgan fingerprint density at radius 1 is 1.44 bits per heavy atom. The first-order valence-electron chi connectivity index (χ1n) is 4.79. The van der Waals surface area contributed by atoms with Crippen LogP contribution < -0.4 is 21.1 Å². The standard InChI is InChI=1S/C10H14ClN5O.ClH/c1-17-8-3-2-6(4-7(8)11)5-15-10(14)16-9(12)13;/h2-4H,5H2,1H3,(H6,12,13,14,15,16);1H. The van der Waals surface area contributed by atoms with E-state index in [0.717, 1.165) is 5.56 Å². The van der Waals surface area contributed by atoms with Gasteiger partial charge in [-0.1, -0.05) is 17.7 Å². The second kappa shape index (κ2) is 7.62. The molecule has 8 heteroatoms. The summed E-state index contributed by atoms with van der Waals surface area (Å²) in [5.41, 5.74) is 5.97. The lowest BCUT2D eigenvalue weighted by Crippen LogP contribution is -2.42. The number of ether oxygens (including phenoxy) is 1. The van der Waals surface area contributed by atoms with Gasteiger partial charge in [-0.3, -0.25) is 16.1 Å². The first kappa shape index (κ1) is 16.3. The van der Waals surface area contributed by atoms with E-state index in [1.807, 2.05) is 6.07 Å². The SMILES string of the molecule is COc1ccc(CNC(=N)NC(=N)N)cc1Cl.Cl. The van der Waals surface area contributed by atoms with Crippen molar-refractivity contribution >= 4 is 35.9 Å². The van der Waals surface area contributed by atoms with Crippen LogP contribution >= 0.6 is 24.0 Å². The van der Waals surface area contributed by atoms with Crippen LogP contribution in [-0.4, -0.2) is 19.0 Å². The average molecular weight is 292 g/mol. The summed E-state index contributed by atoms with van der Waals surface area (Å²) in [4.78, 5) is 0. The Bertz CT molecular complexity index is 438. The zero-order chi connectivity index (χ0) is 12.8. The number of rotatable bonds is 3. The van der Waals surface area contributed by atoms with Crippen LogP contribution in [0.5, 0.6) is 5.75 Å². The summed E-state index contributed by atoms with van der Waals surface area (Å²) < 4.78 is 5.03. The van der Waals surface area contributed by atoms with E-state index < -0.39 is 0 Å². The third-order valence-corrected chi connectivity index (χ3v) is 2.24. The molecule has 0 heterocycles. The van der Waals surface area contributed by atoms with E-state index in [9.17, 15) is 0 Å². The Morgan fingerprint density at radius 3 is 2.61 bits per heavy atom. The molecule has 0 unspecified atom stereocenters. The molecular formula is C10H15Cl2N5O. The maximum atomic E-state index is 7.40. The number of nitrogens with one attached hydrogen (secondary N) is 4. The highest BCUT2D eigenvalue weighted by Gasteiger charge is 2.02. The molecule has 18 heavy (non-hydrogen) atoms. The van der Waals surface area contributed by atoms with Crippen LogP contribution in [-0.2, 0) is 6.54 Å². The number of hydrogen-bond acceptors (Lipinski definition) is 3. The molecule has 6 N–H and O–H groups in total. The van der Waals surface area contributed by atoms with E-state index in [4.69, 9.17) is 32.9 Å². The molecule has 0 amide bonds. The van der Waals surface area contributed by atoms with E-state index >= 15 is 0 Å². The number of guanidine groups is 2. The van der Waals surface area contributed by atoms with Crippen LogP contribution in [0, 0.1) is 10.8 Å². The van der Waals surface area contributed by atoms with Crippen molar-refractivity contribution in [2.24, 2.45) is 5.73 Å². The maximum absolute atomic E-state index is 7.40. The van der Waals surface area contributed by atoms with Gasteiger partial charge in [-0.05, 0) is 17.7 Å². The highest BCUT2D eigenvalue weighted by atomic mass is 35.5. The first-order chi connectivity index (χ1) is 8.02. The van der Waals surface area contributed by atoms with Crippen molar-refractivity contribution in [1.29, 1.82) is 10.8 Å². The Hall–Kier alpha value is -1.66. The molecule has 0 aliphatic carbocycles. The topological polar surface area (TPSA) is 107 Å². The molecule has 0 saturated carbocycles. The van der Waals surface area contributed by atoms with Gasteiger partial charge in [-0.25, -0.2) is 0 Å². The van der Waals surface area contributed by atoms with Gasteiger partial charge in [-0.15, -0.1) is 12.4 Å². The van der Waals surface area contributed by atoms with Gasteiger partial charge < -0.3 is 15.8 Å². The third kappa shape index (κ3) is 5.11. The van der Waals surface area contributed by atoms with Gasteiger partial charge in [0.25, 0.3) is 0 Å². The lowest BCUT2D eigenvalue weighted by Gasteiger charge is -2.10. The van der Waals surface area contributed by atoms with Gasteiger partial charge in [0.15, 0.2) is 11.9 Å². The smallest absolute Gasteiger partial charge is 0.195 e. The second-order valence-corrected chi connectivity index (χ2v) is 3.64. The van der Waals surface area contributed by atoms with E-state index in [2.05, 4.69) is 10.6 Å². The number of hydrogen-bond donors (Lipinski definition) is 5. The van der Waals surface area contributed by atoms with Crippen molar-refractivity contribution in [3.63, 3.8) is 0 Å². The molecule has 0 spiro atoms. The zero-order valence-corrected chi connectivity index (χ0v) is 11.3. The average Bonchev–Trinajstić information content (AvgIpc) is 2.25. The van der Waals surface area contributed by atoms with Crippen LogP contribution in [0.3, 0.4) is 0 Å². The van der Waals surface area contributed by atoms with Crippen LogP contribution in [0.1, 0.15) is 5.56 Å². The lowest BCUT2D eigenvalue weighted by atomic mass is 10.2. The lowest BCUT2D eigenvalue weighted by molar-refractivity contribution is 0.415. The Balaban J connectivity index is 0.00000289. The quantitative estimate of drug-likeness (QED) is 0.427. The summed E-state index contributed by atoms with van der Waals surface area (Å²) in [6.07, 6.45) is 0. The van der Waals surface area contributed by atoms with Gasteiger partial charge in [-0.2, -0.15) is 0 Å². The molecule has 0 bridgehead atoms. The van der Waals surface area contributed by atoms with Gasteiger partial charge in [0.1, 0.15) is 5.75 Å². The second-order valence-electron chi connectivity index (χ2n) is 3.24. The van der Waals surface area contributed by atoms with Crippen molar-refractivity contribution in [1.82, 2.24) is 10.6 Å². The minimum atomic E-state index is -0.282. The minimum absolute atomic E-state index is 0. The van der Waals surface area contributed by atoms with Crippen LogP contribution in [0.2, 0.25) is 5.02 Å². The molecular weight excluding hydrogens is 277 g/mol. The molecule has 0 fully saturated rings. The van der Waals surface area contributed by atoms with Crippen molar-refractivity contribution in [2.45, 2.75) is 6.54 Å². The predicted molar refractivity (Wildman–Crippen MR) is 74.9 cm³/mol.